The van der Waals surface area contributed by atoms with E-state index in [0.717, 1.165) is 36.9 Å². The third kappa shape index (κ3) is 4.28. The zero-order valence-electron chi connectivity index (χ0n) is 11.7. The molecule has 0 aromatic heterocycles. The number of nitrogens with zero attached hydrogens (tertiary/aromatic N) is 1. The van der Waals surface area contributed by atoms with Crippen LogP contribution in [0.5, 0.6) is 0 Å². The van der Waals surface area contributed by atoms with Crippen molar-refractivity contribution < 1.29 is 5.11 Å². The maximum atomic E-state index is 9.97. The van der Waals surface area contributed by atoms with Crippen LogP contribution in [0.4, 0.5) is 0 Å². The minimum Gasteiger partial charge on any atom is -0.389 e. The molecule has 1 aromatic rings. The standard InChI is InChI=1S/C15H23BrN2O/c1-15(19)8-10-18(11-15)9-7-14(17-2)12-3-5-13(16)6-4-12/h3-6,14,17,19H,7-11H2,1-2H3. The predicted octanol–water partition coefficient (Wildman–Crippen LogP) is 2.56. The first-order chi connectivity index (χ1) is 9.00. The van der Waals surface area contributed by atoms with E-state index < -0.39 is 5.60 Å². The number of hydrogen-bond acceptors (Lipinski definition) is 3. The topological polar surface area (TPSA) is 35.5 Å². The van der Waals surface area contributed by atoms with Gasteiger partial charge in [-0.1, -0.05) is 28.1 Å². The Kier molecular flexibility index (Phi) is 5.01. The number of halogens is 1. The molecule has 2 N–H and O–H groups in total. The van der Waals surface area contributed by atoms with E-state index in [0.29, 0.717) is 6.04 Å². The van der Waals surface area contributed by atoms with E-state index in [2.05, 4.69) is 50.4 Å². The Morgan fingerprint density at radius 2 is 2.11 bits per heavy atom. The Morgan fingerprint density at radius 1 is 1.42 bits per heavy atom. The number of benzene rings is 1. The number of likely N-dealkylation sites (tertiary alicyclic amines) is 1. The van der Waals surface area contributed by atoms with Crippen molar-refractivity contribution in [2.75, 3.05) is 26.7 Å². The lowest BCUT2D eigenvalue weighted by molar-refractivity contribution is 0.0683. The average molecular weight is 327 g/mol. The molecule has 1 aliphatic rings. The van der Waals surface area contributed by atoms with Crippen molar-refractivity contribution >= 4 is 15.9 Å². The molecule has 106 valence electrons. The van der Waals surface area contributed by atoms with Gasteiger partial charge in [0, 0.05) is 30.1 Å². The SMILES string of the molecule is CNC(CCN1CCC(C)(O)C1)c1ccc(Br)cc1. The quantitative estimate of drug-likeness (QED) is 0.872. The van der Waals surface area contributed by atoms with Crippen LogP contribution in [0.15, 0.2) is 28.7 Å². The maximum absolute atomic E-state index is 9.97. The largest absolute Gasteiger partial charge is 0.389 e. The molecule has 2 atom stereocenters. The molecular weight excluding hydrogens is 304 g/mol. The second kappa shape index (κ2) is 6.35. The normalized spacial score (nSPS) is 25.7. The zero-order valence-corrected chi connectivity index (χ0v) is 13.3. The Morgan fingerprint density at radius 3 is 2.63 bits per heavy atom. The van der Waals surface area contributed by atoms with Crippen LogP contribution in [0.2, 0.25) is 0 Å². The summed E-state index contributed by atoms with van der Waals surface area (Å²) in [5.74, 6) is 0. The molecule has 0 amide bonds. The third-order valence-corrected chi connectivity index (χ3v) is 4.41. The minimum atomic E-state index is -0.493. The molecule has 0 aliphatic carbocycles. The highest BCUT2D eigenvalue weighted by molar-refractivity contribution is 9.10. The van der Waals surface area contributed by atoms with E-state index >= 15 is 0 Å². The van der Waals surface area contributed by atoms with Crippen molar-refractivity contribution in [1.29, 1.82) is 0 Å². The van der Waals surface area contributed by atoms with Crippen LogP contribution in [0, 0.1) is 0 Å². The lowest BCUT2D eigenvalue weighted by atomic mass is 10.0. The summed E-state index contributed by atoms with van der Waals surface area (Å²) in [6.07, 6.45) is 1.95. The lowest BCUT2D eigenvalue weighted by Crippen LogP contribution is -2.31. The van der Waals surface area contributed by atoms with Gasteiger partial charge in [0.15, 0.2) is 0 Å². The predicted molar refractivity (Wildman–Crippen MR) is 82.2 cm³/mol. The molecule has 1 aliphatic heterocycles. The van der Waals surface area contributed by atoms with Gasteiger partial charge < -0.3 is 15.3 Å². The molecule has 0 saturated carbocycles. The highest BCUT2D eigenvalue weighted by atomic mass is 79.9. The van der Waals surface area contributed by atoms with E-state index in [1.165, 1.54) is 5.56 Å². The van der Waals surface area contributed by atoms with E-state index in [1.54, 1.807) is 0 Å². The first-order valence-electron chi connectivity index (χ1n) is 6.88. The highest BCUT2D eigenvalue weighted by Crippen LogP contribution is 2.23. The van der Waals surface area contributed by atoms with Crippen LogP contribution >= 0.6 is 15.9 Å². The fourth-order valence-electron chi connectivity index (χ4n) is 2.71. The summed E-state index contributed by atoms with van der Waals surface area (Å²) in [6, 6.07) is 8.86. The van der Waals surface area contributed by atoms with Crippen molar-refractivity contribution in [2.24, 2.45) is 0 Å². The van der Waals surface area contributed by atoms with Gasteiger partial charge in [0.1, 0.15) is 0 Å². The molecule has 2 rings (SSSR count). The van der Waals surface area contributed by atoms with Crippen LogP contribution < -0.4 is 5.32 Å². The van der Waals surface area contributed by atoms with Crippen LogP contribution in [0.3, 0.4) is 0 Å². The molecule has 1 heterocycles. The zero-order chi connectivity index (χ0) is 13.9. The van der Waals surface area contributed by atoms with Gasteiger partial charge in [-0.25, -0.2) is 0 Å². The second-order valence-electron chi connectivity index (χ2n) is 5.70. The Labute approximate surface area is 124 Å². The molecule has 1 fully saturated rings. The molecule has 3 nitrogen and oxygen atoms in total. The highest BCUT2D eigenvalue weighted by Gasteiger charge is 2.31. The van der Waals surface area contributed by atoms with Gasteiger partial charge in [-0.15, -0.1) is 0 Å². The Bertz CT molecular complexity index is 405. The van der Waals surface area contributed by atoms with Gasteiger partial charge in [0.25, 0.3) is 0 Å². The smallest absolute Gasteiger partial charge is 0.0758 e. The molecule has 0 spiro atoms. The Hall–Kier alpha value is -0.420. The minimum absolute atomic E-state index is 0.374. The van der Waals surface area contributed by atoms with Crippen molar-refractivity contribution in [3.05, 3.63) is 34.3 Å². The molecule has 0 bridgehead atoms. The maximum Gasteiger partial charge on any atom is 0.0758 e. The van der Waals surface area contributed by atoms with Gasteiger partial charge in [-0.3, -0.25) is 0 Å². The molecule has 19 heavy (non-hydrogen) atoms. The van der Waals surface area contributed by atoms with Crippen molar-refractivity contribution in [1.82, 2.24) is 10.2 Å². The van der Waals surface area contributed by atoms with Gasteiger partial charge in [0.2, 0.25) is 0 Å². The number of hydrogen-bond donors (Lipinski definition) is 2. The van der Waals surface area contributed by atoms with Crippen LogP contribution in [0.25, 0.3) is 0 Å². The summed E-state index contributed by atoms with van der Waals surface area (Å²) in [5.41, 5.74) is 0.823. The summed E-state index contributed by atoms with van der Waals surface area (Å²) in [4.78, 5) is 2.35. The number of nitrogens with one attached hydrogen (secondary N) is 1. The summed E-state index contributed by atoms with van der Waals surface area (Å²) < 4.78 is 1.11. The van der Waals surface area contributed by atoms with Gasteiger partial charge >= 0.3 is 0 Å². The van der Waals surface area contributed by atoms with Crippen LogP contribution in [-0.2, 0) is 0 Å². The fourth-order valence-corrected chi connectivity index (χ4v) is 2.98. The first kappa shape index (κ1) is 15.0. The average Bonchev–Trinajstić information content (AvgIpc) is 2.72. The molecular formula is C15H23BrN2O. The van der Waals surface area contributed by atoms with Crippen molar-refractivity contribution in [3.8, 4) is 0 Å². The molecule has 0 radical (unpaired) electrons. The summed E-state index contributed by atoms with van der Waals surface area (Å²) in [5, 5.41) is 13.4. The summed E-state index contributed by atoms with van der Waals surface area (Å²) in [6.45, 7) is 4.75. The third-order valence-electron chi connectivity index (χ3n) is 3.89. The van der Waals surface area contributed by atoms with E-state index in [-0.39, 0.29) is 0 Å². The summed E-state index contributed by atoms with van der Waals surface area (Å²) >= 11 is 3.47. The lowest BCUT2D eigenvalue weighted by Gasteiger charge is -2.22. The summed E-state index contributed by atoms with van der Waals surface area (Å²) in [7, 11) is 2.01. The van der Waals surface area contributed by atoms with Crippen molar-refractivity contribution in [3.63, 3.8) is 0 Å². The van der Waals surface area contributed by atoms with Gasteiger partial charge in [0.05, 0.1) is 5.60 Å². The van der Waals surface area contributed by atoms with Crippen LogP contribution in [-0.4, -0.2) is 42.3 Å². The monoisotopic (exact) mass is 326 g/mol. The molecule has 4 heteroatoms. The van der Waals surface area contributed by atoms with E-state index in [4.69, 9.17) is 0 Å². The molecule has 1 saturated heterocycles. The van der Waals surface area contributed by atoms with Crippen LogP contribution in [0.1, 0.15) is 31.4 Å². The number of aliphatic hydroxyl groups is 1. The number of rotatable bonds is 5. The second-order valence-corrected chi connectivity index (χ2v) is 6.62. The van der Waals surface area contributed by atoms with E-state index in [1.807, 2.05) is 14.0 Å². The first-order valence-corrected chi connectivity index (χ1v) is 7.67. The van der Waals surface area contributed by atoms with Gasteiger partial charge in [-0.2, -0.15) is 0 Å². The van der Waals surface area contributed by atoms with E-state index in [9.17, 15) is 5.11 Å². The molecule has 2 unspecified atom stereocenters. The fraction of sp³-hybridized carbons (Fsp3) is 0.600. The van der Waals surface area contributed by atoms with Crippen molar-refractivity contribution in [2.45, 2.75) is 31.4 Å². The van der Waals surface area contributed by atoms with Gasteiger partial charge in [-0.05, 0) is 44.5 Å². The number of β-amino-alcohol motifs (C(OH)–C–C–N with tert-alkyl or cyclic N) is 1. The molecule has 1 aromatic carbocycles. The Balaban J connectivity index is 1.88.